The summed E-state index contributed by atoms with van der Waals surface area (Å²) in [5, 5.41) is 8.32. The van der Waals surface area contributed by atoms with E-state index in [0.717, 1.165) is 11.1 Å². The monoisotopic (exact) mass is 500 g/mol. The highest BCUT2D eigenvalue weighted by molar-refractivity contribution is 7.89. The number of rotatable bonds is 8. The van der Waals surface area contributed by atoms with E-state index in [1.807, 2.05) is 31.2 Å². The number of hydrogen-bond donors (Lipinski definition) is 3. The number of carbonyl (C=O) groups is 3. The molecule has 3 amide bonds. The van der Waals surface area contributed by atoms with Crippen LogP contribution in [0.2, 0.25) is 0 Å². The van der Waals surface area contributed by atoms with Crippen molar-refractivity contribution in [1.82, 2.24) is 14.9 Å². The highest BCUT2D eigenvalue weighted by atomic mass is 32.2. The molecule has 1 fully saturated rings. The summed E-state index contributed by atoms with van der Waals surface area (Å²) in [7, 11) is -3.69. The van der Waals surface area contributed by atoms with Crippen LogP contribution in [-0.2, 0) is 30.8 Å². The number of carbonyl (C=O) groups excluding carboxylic acids is 3. The molecule has 2 aromatic carbocycles. The number of amides is 3. The van der Waals surface area contributed by atoms with Crippen LogP contribution in [0.3, 0.4) is 0 Å². The Morgan fingerprint density at radius 3 is 2.23 bits per heavy atom. The van der Waals surface area contributed by atoms with Crippen LogP contribution in [0.5, 0.6) is 0 Å². The van der Waals surface area contributed by atoms with Crippen LogP contribution in [0.4, 0.5) is 5.69 Å². The summed E-state index contributed by atoms with van der Waals surface area (Å²) < 4.78 is 27.4. The molecule has 0 spiro atoms. The van der Waals surface area contributed by atoms with E-state index in [-0.39, 0.29) is 41.7 Å². The molecule has 1 aliphatic heterocycles. The fourth-order valence-electron chi connectivity index (χ4n) is 4.13. The van der Waals surface area contributed by atoms with Crippen LogP contribution >= 0.6 is 0 Å². The maximum atomic E-state index is 13.0. The van der Waals surface area contributed by atoms with Crippen LogP contribution in [-0.4, -0.2) is 55.6 Å². The number of hydrogen-bond acceptors (Lipinski definition) is 5. The fourth-order valence-corrected chi connectivity index (χ4v) is 5.60. The van der Waals surface area contributed by atoms with Crippen molar-refractivity contribution in [3.05, 3.63) is 59.7 Å². The number of nitrogens with one attached hydrogen (secondary N) is 3. The van der Waals surface area contributed by atoms with Crippen molar-refractivity contribution in [2.45, 2.75) is 57.0 Å². The van der Waals surface area contributed by atoms with Crippen LogP contribution in [0.1, 0.15) is 37.8 Å². The average molecular weight is 501 g/mol. The van der Waals surface area contributed by atoms with Crippen LogP contribution in [0.15, 0.2) is 53.4 Å². The maximum absolute atomic E-state index is 13.0. The van der Waals surface area contributed by atoms with Crippen molar-refractivity contribution >= 4 is 33.4 Å². The van der Waals surface area contributed by atoms with E-state index in [4.69, 9.17) is 0 Å². The van der Waals surface area contributed by atoms with Gasteiger partial charge in [-0.15, -0.1) is 0 Å². The minimum Gasteiger partial charge on any atom is -0.351 e. The van der Waals surface area contributed by atoms with Gasteiger partial charge in [0.2, 0.25) is 27.7 Å². The van der Waals surface area contributed by atoms with Crippen molar-refractivity contribution in [3.63, 3.8) is 0 Å². The highest BCUT2D eigenvalue weighted by Gasteiger charge is 2.31. The van der Waals surface area contributed by atoms with Gasteiger partial charge in [0.25, 0.3) is 0 Å². The molecule has 0 aromatic heterocycles. The second kappa shape index (κ2) is 11.5. The van der Waals surface area contributed by atoms with E-state index in [1.54, 1.807) is 12.1 Å². The molecule has 1 aliphatic rings. The zero-order chi connectivity index (χ0) is 25.6. The van der Waals surface area contributed by atoms with Gasteiger partial charge < -0.3 is 16.0 Å². The second-order valence-corrected chi connectivity index (χ2v) is 10.8. The average Bonchev–Trinajstić information content (AvgIpc) is 2.79. The first kappa shape index (κ1) is 26.4. The van der Waals surface area contributed by atoms with Gasteiger partial charge in [-0.2, -0.15) is 4.31 Å². The summed E-state index contributed by atoms with van der Waals surface area (Å²) in [6.07, 6.45) is 1.30. The van der Waals surface area contributed by atoms with Crippen molar-refractivity contribution < 1.29 is 22.8 Å². The Bertz CT molecular complexity index is 1170. The molecule has 35 heavy (non-hydrogen) atoms. The number of sulfonamides is 1. The quantitative estimate of drug-likeness (QED) is 0.511. The van der Waals surface area contributed by atoms with Gasteiger partial charge in [-0.05, 0) is 49.6 Å². The molecule has 188 valence electrons. The molecular weight excluding hydrogens is 468 g/mol. The molecule has 1 saturated heterocycles. The maximum Gasteiger partial charge on any atom is 0.243 e. The van der Waals surface area contributed by atoms with Crippen LogP contribution in [0.25, 0.3) is 0 Å². The molecule has 0 bridgehead atoms. The van der Waals surface area contributed by atoms with Crippen LogP contribution < -0.4 is 16.0 Å². The Kier molecular flexibility index (Phi) is 8.63. The number of aryl methyl sites for hydroxylation is 1. The lowest BCUT2D eigenvalue weighted by molar-refractivity contribution is -0.128. The smallest absolute Gasteiger partial charge is 0.243 e. The van der Waals surface area contributed by atoms with E-state index in [1.165, 1.54) is 30.3 Å². The van der Waals surface area contributed by atoms with Gasteiger partial charge in [-0.1, -0.05) is 29.8 Å². The Balaban J connectivity index is 1.59. The topological polar surface area (TPSA) is 125 Å². The summed E-state index contributed by atoms with van der Waals surface area (Å²) in [5.74, 6) is -0.802. The third-order valence-electron chi connectivity index (χ3n) is 5.83. The van der Waals surface area contributed by atoms with Gasteiger partial charge in [0.05, 0.1) is 4.90 Å². The zero-order valence-corrected chi connectivity index (χ0v) is 21.0. The fraction of sp³-hybridized carbons (Fsp3) is 0.400. The van der Waals surface area contributed by atoms with Crippen molar-refractivity contribution in [3.8, 4) is 0 Å². The minimum absolute atomic E-state index is 0.151. The number of benzene rings is 2. The number of nitrogens with zero attached hydrogens (tertiary/aromatic N) is 1. The van der Waals surface area contributed by atoms with Crippen LogP contribution in [0, 0.1) is 6.92 Å². The van der Waals surface area contributed by atoms with Crippen molar-refractivity contribution in [2.24, 2.45) is 0 Å². The SMILES string of the molecule is CC(=O)Nc1ccc(S(=O)(=O)N2CCC(NC(=O)C(Cc3cccc(C)c3)NC(C)=O)CC2)cc1. The first-order chi connectivity index (χ1) is 16.5. The number of anilines is 1. The lowest BCUT2D eigenvalue weighted by Crippen LogP contribution is -2.53. The van der Waals surface area contributed by atoms with Gasteiger partial charge in [-0.3, -0.25) is 14.4 Å². The van der Waals surface area contributed by atoms with Gasteiger partial charge in [0, 0.05) is 45.1 Å². The Hall–Kier alpha value is -3.24. The molecule has 9 nitrogen and oxygen atoms in total. The van der Waals surface area contributed by atoms with E-state index in [2.05, 4.69) is 16.0 Å². The molecule has 0 saturated carbocycles. The molecule has 1 atom stereocenters. The third-order valence-corrected chi connectivity index (χ3v) is 7.74. The molecule has 0 radical (unpaired) electrons. The summed E-state index contributed by atoms with van der Waals surface area (Å²) in [5.41, 5.74) is 2.55. The lowest BCUT2D eigenvalue weighted by Gasteiger charge is -2.32. The molecule has 0 aliphatic carbocycles. The Morgan fingerprint density at radius 2 is 1.66 bits per heavy atom. The molecule has 1 heterocycles. The summed E-state index contributed by atoms with van der Waals surface area (Å²) in [6, 6.07) is 12.9. The van der Waals surface area contributed by atoms with E-state index in [0.29, 0.717) is 24.9 Å². The highest BCUT2D eigenvalue weighted by Crippen LogP contribution is 2.22. The molecule has 3 N–H and O–H groups in total. The zero-order valence-electron chi connectivity index (χ0n) is 20.2. The van der Waals surface area contributed by atoms with Crippen molar-refractivity contribution in [2.75, 3.05) is 18.4 Å². The molecule has 10 heteroatoms. The lowest BCUT2D eigenvalue weighted by atomic mass is 10.0. The molecule has 1 unspecified atom stereocenters. The van der Waals surface area contributed by atoms with Crippen molar-refractivity contribution in [1.29, 1.82) is 0 Å². The largest absolute Gasteiger partial charge is 0.351 e. The molecule has 2 aromatic rings. The van der Waals surface area contributed by atoms with Gasteiger partial charge in [-0.25, -0.2) is 8.42 Å². The first-order valence-corrected chi connectivity index (χ1v) is 13.0. The third kappa shape index (κ3) is 7.37. The van der Waals surface area contributed by atoms with E-state index < -0.39 is 16.1 Å². The standard InChI is InChI=1S/C25H32N4O5S/c1-17-5-4-6-20(15-17)16-24(27-19(3)31)25(32)28-22-11-13-29(14-12-22)35(33,34)23-9-7-21(8-10-23)26-18(2)30/h4-10,15,22,24H,11-14,16H2,1-3H3,(H,26,30)(H,27,31)(H,28,32). The van der Waals surface area contributed by atoms with Gasteiger partial charge in [0.15, 0.2) is 0 Å². The Morgan fingerprint density at radius 1 is 1.00 bits per heavy atom. The summed E-state index contributed by atoms with van der Waals surface area (Å²) in [6.45, 7) is 5.26. The van der Waals surface area contributed by atoms with E-state index in [9.17, 15) is 22.8 Å². The first-order valence-electron chi connectivity index (χ1n) is 11.6. The number of piperidine rings is 1. The Labute approximate surface area is 206 Å². The molecular formula is C25H32N4O5S. The predicted octanol–water partition coefficient (Wildman–Crippen LogP) is 1.97. The second-order valence-electron chi connectivity index (χ2n) is 8.84. The summed E-state index contributed by atoms with van der Waals surface area (Å²) in [4.78, 5) is 36.0. The van der Waals surface area contributed by atoms with Gasteiger partial charge >= 0.3 is 0 Å². The normalized spacial score (nSPS) is 15.7. The predicted molar refractivity (Wildman–Crippen MR) is 133 cm³/mol. The molecule has 3 rings (SSSR count). The van der Waals surface area contributed by atoms with Gasteiger partial charge in [0.1, 0.15) is 6.04 Å². The van der Waals surface area contributed by atoms with E-state index >= 15 is 0 Å². The summed E-state index contributed by atoms with van der Waals surface area (Å²) >= 11 is 0. The minimum atomic E-state index is -3.69.